The predicted octanol–water partition coefficient (Wildman–Crippen LogP) is 9.73. The Morgan fingerprint density at radius 1 is 0.519 bits per heavy atom. The Morgan fingerprint density at radius 2 is 0.926 bits per heavy atom. The molecule has 2 N–H and O–H groups in total. The molecule has 10 nitrogen and oxygen atoms in total. The molecule has 0 unspecified atom stereocenters. The number of hydrogen-bond donors (Lipinski definition) is 2. The van der Waals surface area contributed by atoms with Gasteiger partial charge in [-0.15, -0.1) is 0 Å². The van der Waals surface area contributed by atoms with Crippen molar-refractivity contribution in [2.45, 2.75) is 20.3 Å². The number of benzene rings is 2. The third-order valence-electron chi connectivity index (χ3n) is 7.66. The van der Waals surface area contributed by atoms with Crippen molar-refractivity contribution in [1.82, 2.24) is 39.9 Å². The normalized spacial score (nSPS) is 10.1. The van der Waals surface area contributed by atoms with E-state index in [9.17, 15) is 4.79 Å². The second-order valence-electron chi connectivity index (χ2n) is 11.6. The second kappa shape index (κ2) is 19.3. The first-order valence-electron chi connectivity index (χ1n) is 17.1. The van der Waals surface area contributed by atoms with Gasteiger partial charge in [0.15, 0.2) is 0 Å². The second-order valence-corrected chi connectivity index (χ2v) is 11.6. The molecule has 268 valence electrons. The summed E-state index contributed by atoms with van der Waals surface area (Å²) in [6, 6.07) is 37.6. The van der Waals surface area contributed by atoms with Gasteiger partial charge in [-0.2, -0.15) is 0 Å². The number of aromatic carboxylic acids is 1. The number of H-pyrrole nitrogens is 1. The average molecular weight is 798 g/mol. The van der Waals surface area contributed by atoms with Crippen LogP contribution in [0, 0.1) is 0 Å². The van der Waals surface area contributed by atoms with E-state index in [4.69, 9.17) is 10.1 Å². The largest absolute Gasteiger partial charge is 0.478 e. The van der Waals surface area contributed by atoms with Crippen LogP contribution in [0.5, 0.6) is 0 Å². The van der Waals surface area contributed by atoms with E-state index in [0.29, 0.717) is 5.82 Å². The fourth-order valence-corrected chi connectivity index (χ4v) is 5.31. The van der Waals surface area contributed by atoms with E-state index in [1.807, 2.05) is 97.1 Å². The maximum absolute atomic E-state index is 11.0. The molecule has 0 bridgehead atoms. The van der Waals surface area contributed by atoms with Crippen LogP contribution in [0.25, 0.3) is 67.0 Å². The van der Waals surface area contributed by atoms with Gasteiger partial charge in [-0.25, -0.2) is 9.78 Å². The minimum absolute atomic E-state index is 0. The number of carbonyl (C=O) groups is 1. The smallest absolute Gasteiger partial charge is 0.335 e. The van der Waals surface area contributed by atoms with Crippen LogP contribution in [0.2, 0.25) is 0 Å². The molecule has 2 aromatic carbocycles. The molecule has 54 heavy (non-hydrogen) atoms. The third-order valence-corrected chi connectivity index (χ3v) is 7.66. The van der Waals surface area contributed by atoms with Gasteiger partial charge in [-0.1, -0.05) is 56.7 Å². The van der Waals surface area contributed by atoms with Crippen molar-refractivity contribution in [3.05, 3.63) is 164 Å². The number of nitrogens with one attached hydrogen (secondary N) is 1. The van der Waals surface area contributed by atoms with Gasteiger partial charge in [0.1, 0.15) is 5.82 Å². The minimum atomic E-state index is -0.949. The molecule has 0 atom stereocenters. The van der Waals surface area contributed by atoms with Crippen molar-refractivity contribution < 1.29 is 29.4 Å². The molecule has 0 spiro atoms. The van der Waals surface area contributed by atoms with Crippen molar-refractivity contribution in [2.75, 3.05) is 0 Å². The summed E-state index contributed by atoms with van der Waals surface area (Å²) in [4.78, 5) is 44.9. The van der Waals surface area contributed by atoms with E-state index in [1.54, 1.807) is 61.4 Å². The number of imidazole rings is 1. The van der Waals surface area contributed by atoms with E-state index >= 15 is 0 Å². The van der Waals surface area contributed by atoms with Crippen molar-refractivity contribution in [1.29, 1.82) is 0 Å². The van der Waals surface area contributed by atoms with Gasteiger partial charge in [0.25, 0.3) is 0 Å². The summed E-state index contributed by atoms with van der Waals surface area (Å²) in [5.41, 5.74) is 8.08. The van der Waals surface area contributed by atoms with Crippen LogP contribution in [-0.2, 0) is 19.5 Å². The molecular formula is C43H36N8O2Ru. The molecule has 0 amide bonds. The zero-order valence-electron chi connectivity index (χ0n) is 29.6. The number of aromatic nitrogens is 8. The van der Waals surface area contributed by atoms with Crippen LogP contribution in [0.1, 0.15) is 30.6 Å². The monoisotopic (exact) mass is 798 g/mol. The summed E-state index contributed by atoms with van der Waals surface area (Å²) in [6.07, 6.45) is 11.8. The molecular weight excluding hydrogens is 762 g/mol. The zero-order chi connectivity index (χ0) is 36.8. The molecule has 0 aliphatic heterocycles. The number of aromatic amines is 1. The van der Waals surface area contributed by atoms with Crippen LogP contribution in [0.3, 0.4) is 0 Å². The van der Waals surface area contributed by atoms with Crippen molar-refractivity contribution in [2.24, 2.45) is 0 Å². The zero-order valence-corrected chi connectivity index (χ0v) is 31.3. The Bertz CT molecular complexity index is 2300. The van der Waals surface area contributed by atoms with Crippen LogP contribution >= 0.6 is 0 Å². The summed E-state index contributed by atoms with van der Waals surface area (Å²) in [5, 5.41) is 10.9. The third kappa shape index (κ3) is 9.44. The summed E-state index contributed by atoms with van der Waals surface area (Å²) < 4.78 is 0. The summed E-state index contributed by atoms with van der Waals surface area (Å²) in [7, 11) is 0. The van der Waals surface area contributed by atoms with Gasteiger partial charge in [0.05, 0.1) is 50.4 Å². The standard InChI is InChI=1S/C20H12N4O2.2C10H8N2.C3H8.Ru/c25-20(26)12-7-5-11(6-8-12)19-23-17-13-3-1-9-21-15(13)16-14(18(17)24-19)4-2-10-22-16;2*1-3-7-11-9(5-1)10-6-2-4-8-12-10;1-3-2;/h1-10H,(H,23,24)(H,25,26);2*1-8H;3H2,1-2H3;. The number of fused-ring (bicyclic) bond motifs is 6. The molecule has 0 aliphatic carbocycles. The minimum Gasteiger partial charge on any atom is -0.478 e. The molecule has 11 heteroatoms. The predicted molar refractivity (Wildman–Crippen MR) is 210 cm³/mol. The van der Waals surface area contributed by atoms with Gasteiger partial charge in [0.2, 0.25) is 0 Å². The first-order valence-corrected chi connectivity index (χ1v) is 17.1. The SMILES string of the molecule is CCC.O=C(O)c1ccc(-c2nc3c4cccnc4c4ncccc4c3[nH]2)cc1.[Ru].c1ccc(-c2ccccn2)nc1.c1ccc(-c2ccccn2)nc1. The van der Waals surface area contributed by atoms with E-state index in [0.717, 1.165) is 61.2 Å². The quantitative estimate of drug-likeness (QED) is 0.131. The fraction of sp³-hybridized carbons (Fsp3) is 0.0698. The molecule has 0 aliphatic rings. The number of carboxylic acid groups (broad SMARTS) is 1. The van der Waals surface area contributed by atoms with Crippen LogP contribution in [0.15, 0.2) is 159 Å². The average Bonchev–Trinajstić information content (AvgIpc) is 3.70. The van der Waals surface area contributed by atoms with E-state index in [-0.39, 0.29) is 25.0 Å². The Kier molecular flexibility index (Phi) is 13.8. The van der Waals surface area contributed by atoms with Crippen LogP contribution in [0.4, 0.5) is 0 Å². The Hall–Kier alpha value is -6.58. The molecule has 7 aromatic heterocycles. The summed E-state index contributed by atoms with van der Waals surface area (Å²) >= 11 is 0. The van der Waals surface area contributed by atoms with Crippen molar-refractivity contribution >= 4 is 38.8 Å². The molecule has 7 heterocycles. The number of carboxylic acids is 1. The van der Waals surface area contributed by atoms with E-state index < -0.39 is 5.97 Å². The Labute approximate surface area is 325 Å². The molecule has 0 radical (unpaired) electrons. The fourth-order valence-electron chi connectivity index (χ4n) is 5.31. The van der Waals surface area contributed by atoms with Crippen molar-refractivity contribution in [3.8, 4) is 34.2 Å². The van der Waals surface area contributed by atoms with Gasteiger partial charge in [0, 0.05) is 73.0 Å². The molecule has 0 fully saturated rings. The Morgan fingerprint density at radius 3 is 1.33 bits per heavy atom. The number of nitrogens with zero attached hydrogens (tertiary/aromatic N) is 7. The van der Waals surface area contributed by atoms with Gasteiger partial charge in [-0.05, 0) is 84.9 Å². The summed E-state index contributed by atoms with van der Waals surface area (Å²) in [5.74, 6) is -0.270. The Balaban J connectivity index is 0.000000167. The topological polar surface area (TPSA) is 143 Å². The maximum Gasteiger partial charge on any atom is 0.335 e. The van der Waals surface area contributed by atoms with E-state index in [1.165, 1.54) is 6.42 Å². The first-order chi connectivity index (χ1) is 26.1. The van der Waals surface area contributed by atoms with Crippen LogP contribution in [-0.4, -0.2) is 50.9 Å². The van der Waals surface area contributed by atoms with Gasteiger partial charge < -0.3 is 10.1 Å². The first kappa shape index (κ1) is 38.6. The van der Waals surface area contributed by atoms with E-state index in [2.05, 4.69) is 48.7 Å². The molecule has 9 aromatic rings. The van der Waals surface area contributed by atoms with Gasteiger partial charge >= 0.3 is 5.97 Å². The maximum atomic E-state index is 11.0. The molecule has 0 saturated carbocycles. The molecule has 9 rings (SSSR count). The van der Waals surface area contributed by atoms with Crippen molar-refractivity contribution in [3.63, 3.8) is 0 Å². The summed E-state index contributed by atoms with van der Waals surface area (Å²) in [6.45, 7) is 4.25. The van der Waals surface area contributed by atoms with Gasteiger partial charge in [-0.3, -0.25) is 29.9 Å². The van der Waals surface area contributed by atoms with Crippen LogP contribution < -0.4 is 0 Å². The number of rotatable bonds is 4. The number of hydrogen-bond acceptors (Lipinski definition) is 8. The number of pyridine rings is 6. The molecule has 0 saturated heterocycles.